The average molecular weight is 442 g/mol. The first-order chi connectivity index (χ1) is 13.4. The van der Waals surface area contributed by atoms with Crippen LogP contribution in [0.1, 0.15) is 24.2 Å². The molecule has 2 rings (SSSR count). The SMILES string of the molecule is COc1ccc(C[C@@H](C)N(C[C@H](O)c2ccc(OP)c([N+](=O)[O-])c2)PP)cc1. The molecule has 10 heteroatoms. The van der Waals surface area contributed by atoms with Crippen LogP contribution in [0.4, 0.5) is 5.69 Å². The van der Waals surface area contributed by atoms with Gasteiger partial charge in [0.25, 0.3) is 0 Å². The van der Waals surface area contributed by atoms with Gasteiger partial charge in [-0.2, -0.15) is 0 Å². The minimum atomic E-state index is -0.844. The van der Waals surface area contributed by atoms with Crippen molar-refractivity contribution < 1.29 is 19.3 Å². The monoisotopic (exact) mass is 442 g/mol. The summed E-state index contributed by atoms with van der Waals surface area (Å²) in [5, 5.41) is 21.8. The lowest BCUT2D eigenvalue weighted by Gasteiger charge is -2.29. The van der Waals surface area contributed by atoms with Gasteiger partial charge in [-0.25, -0.2) is 0 Å². The van der Waals surface area contributed by atoms with Crippen LogP contribution >= 0.6 is 26.8 Å². The lowest BCUT2D eigenvalue weighted by Crippen LogP contribution is -2.30. The zero-order valence-electron chi connectivity index (χ0n) is 15.7. The molecular formula is C18H25N2O5P3. The number of nitro groups is 1. The van der Waals surface area contributed by atoms with E-state index in [-0.39, 0.29) is 17.5 Å². The van der Waals surface area contributed by atoms with Crippen molar-refractivity contribution in [1.82, 2.24) is 4.67 Å². The first-order valence-electron chi connectivity index (χ1n) is 8.58. The van der Waals surface area contributed by atoms with Gasteiger partial charge in [0, 0.05) is 18.7 Å². The number of benzene rings is 2. The maximum absolute atomic E-state index is 11.2. The molecule has 0 bridgehead atoms. The van der Waals surface area contributed by atoms with E-state index in [2.05, 4.69) is 20.5 Å². The van der Waals surface area contributed by atoms with Gasteiger partial charge in [-0.3, -0.25) is 14.8 Å². The third-order valence-electron chi connectivity index (χ3n) is 4.45. The molecule has 0 aliphatic heterocycles. The van der Waals surface area contributed by atoms with Gasteiger partial charge < -0.3 is 14.4 Å². The summed E-state index contributed by atoms with van der Waals surface area (Å²) >= 11 is 0. The molecule has 2 aromatic carbocycles. The van der Waals surface area contributed by atoms with Gasteiger partial charge in [-0.1, -0.05) is 27.1 Å². The summed E-state index contributed by atoms with van der Waals surface area (Å²) < 4.78 is 12.3. The average Bonchev–Trinajstić information content (AvgIpc) is 2.71. The van der Waals surface area contributed by atoms with E-state index in [1.807, 2.05) is 33.7 Å². The summed E-state index contributed by atoms with van der Waals surface area (Å²) in [6, 6.07) is 12.6. The van der Waals surface area contributed by atoms with Gasteiger partial charge in [0.1, 0.15) is 5.75 Å². The number of aliphatic hydroxyl groups is 1. The van der Waals surface area contributed by atoms with Crippen molar-refractivity contribution in [2.45, 2.75) is 25.5 Å². The molecule has 0 fully saturated rings. The quantitative estimate of drug-likeness (QED) is 0.339. The molecule has 3 unspecified atom stereocenters. The Balaban J connectivity index is 2.08. The smallest absolute Gasteiger partial charge is 0.311 e. The molecule has 0 radical (unpaired) electrons. The Bertz CT molecular complexity index is 791. The Morgan fingerprint density at radius 2 is 1.96 bits per heavy atom. The Kier molecular flexibility index (Phi) is 9.01. The van der Waals surface area contributed by atoms with Gasteiger partial charge in [0.2, 0.25) is 0 Å². The van der Waals surface area contributed by atoms with E-state index in [4.69, 9.17) is 9.26 Å². The van der Waals surface area contributed by atoms with Crippen molar-refractivity contribution in [3.63, 3.8) is 0 Å². The van der Waals surface area contributed by atoms with E-state index >= 15 is 0 Å². The lowest BCUT2D eigenvalue weighted by atomic mass is 10.1. The third kappa shape index (κ3) is 6.07. The number of hydrogen-bond acceptors (Lipinski definition) is 6. The summed E-state index contributed by atoms with van der Waals surface area (Å²) in [5.41, 5.74) is 1.49. The Labute approximate surface area is 171 Å². The van der Waals surface area contributed by atoms with Crippen molar-refractivity contribution in [2.24, 2.45) is 0 Å². The number of methoxy groups -OCH3 is 1. The fourth-order valence-corrected chi connectivity index (χ4v) is 4.75. The molecule has 0 aliphatic carbocycles. The zero-order chi connectivity index (χ0) is 20.7. The van der Waals surface area contributed by atoms with E-state index in [0.29, 0.717) is 20.5 Å². The van der Waals surface area contributed by atoms with Crippen molar-refractivity contribution in [1.29, 1.82) is 0 Å². The second kappa shape index (κ2) is 11.0. The van der Waals surface area contributed by atoms with Crippen LogP contribution in [0.25, 0.3) is 0 Å². The molecule has 1 N–H and O–H groups in total. The fraction of sp³-hybridized carbons (Fsp3) is 0.333. The van der Waals surface area contributed by atoms with Crippen LogP contribution < -0.4 is 9.26 Å². The number of hydrogen-bond donors (Lipinski definition) is 1. The highest BCUT2D eigenvalue weighted by atomic mass is 32.0. The second-order valence-corrected chi connectivity index (χ2v) is 8.14. The number of nitrogens with zero attached hydrogens (tertiary/aromatic N) is 2. The molecule has 0 aliphatic rings. The van der Waals surface area contributed by atoms with E-state index in [0.717, 1.165) is 12.2 Å². The van der Waals surface area contributed by atoms with Crippen LogP contribution in [0.5, 0.6) is 11.5 Å². The Morgan fingerprint density at radius 3 is 2.50 bits per heavy atom. The van der Waals surface area contributed by atoms with Crippen LogP contribution in [0.15, 0.2) is 42.5 Å². The molecule has 0 amide bonds. The van der Waals surface area contributed by atoms with Crippen molar-refractivity contribution in [3.8, 4) is 11.5 Å². The highest BCUT2D eigenvalue weighted by molar-refractivity contribution is 8.01. The molecule has 5 atom stereocenters. The molecule has 0 spiro atoms. The maximum atomic E-state index is 11.2. The fourth-order valence-electron chi connectivity index (χ4n) is 2.85. The highest BCUT2D eigenvalue weighted by Gasteiger charge is 2.22. The molecule has 152 valence electrons. The van der Waals surface area contributed by atoms with Gasteiger partial charge in [0.05, 0.1) is 27.6 Å². The lowest BCUT2D eigenvalue weighted by molar-refractivity contribution is -0.385. The number of rotatable bonds is 10. The van der Waals surface area contributed by atoms with Crippen LogP contribution in [0.2, 0.25) is 0 Å². The van der Waals surface area contributed by atoms with Crippen LogP contribution in [-0.2, 0) is 6.42 Å². The standard InChI is InChI=1S/C18H25N2O5P3/c1-12(9-13-3-6-15(24-2)7-4-13)19(28-27)11-17(21)14-5-8-18(25-26)16(10-14)20(22)23/h3-8,10,12,17,21,28H,9,11,26-27H2,1-2H3/t12-,17+/m1/s1. The summed E-state index contributed by atoms with van der Waals surface area (Å²) in [5.74, 6) is 0.958. The minimum absolute atomic E-state index is 0.142. The van der Waals surface area contributed by atoms with Crippen LogP contribution in [0, 0.1) is 10.1 Å². The number of nitro benzene ring substituents is 1. The van der Waals surface area contributed by atoms with E-state index in [1.54, 1.807) is 13.2 Å². The first kappa shape index (κ1) is 22.9. The van der Waals surface area contributed by atoms with E-state index in [9.17, 15) is 15.2 Å². The van der Waals surface area contributed by atoms with Crippen LogP contribution in [0.3, 0.4) is 0 Å². The third-order valence-corrected chi connectivity index (χ3v) is 6.65. The molecule has 7 nitrogen and oxygen atoms in total. The molecule has 28 heavy (non-hydrogen) atoms. The van der Waals surface area contributed by atoms with Gasteiger partial charge >= 0.3 is 5.69 Å². The predicted molar refractivity (Wildman–Crippen MR) is 119 cm³/mol. The van der Waals surface area contributed by atoms with Gasteiger partial charge in [-0.05, 0) is 51.1 Å². The Hall–Kier alpha value is -1.35. The topological polar surface area (TPSA) is 85.1 Å². The number of aliphatic hydroxyl groups excluding tert-OH is 1. The molecule has 0 heterocycles. The molecule has 0 saturated heterocycles. The number of ether oxygens (including phenoxy) is 1. The van der Waals surface area contributed by atoms with Crippen molar-refractivity contribution in [2.75, 3.05) is 13.7 Å². The highest BCUT2D eigenvalue weighted by Crippen LogP contribution is 2.35. The maximum Gasteiger partial charge on any atom is 0.311 e. The van der Waals surface area contributed by atoms with Crippen molar-refractivity contribution in [3.05, 3.63) is 63.7 Å². The molecule has 0 saturated carbocycles. The zero-order valence-corrected chi connectivity index (χ0v) is 19.0. The molecular weight excluding hydrogens is 417 g/mol. The van der Waals surface area contributed by atoms with E-state index < -0.39 is 11.0 Å². The normalized spacial score (nSPS) is 13.6. The summed E-state index contributed by atoms with van der Waals surface area (Å²) in [4.78, 5) is 10.7. The van der Waals surface area contributed by atoms with Crippen LogP contribution in [-0.4, -0.2) is 34.4 Å². The molecule has 2 aromatic rings. The van der Waals surface area contributed by atoms with Gasteiger partial charge in [-0.15, -0.1) is 0 Å². The summed E-state index contributed by atoms with van der Waals surface area (Å²) in [6.07, 6.45) is -0.0263. The minimum Gasteiger partial charge on any atom is -0.497 e. The largest absolute Gasteiger partial charge is 0.497 e. The summed E-state index contributed by atoms with van der Waals surface area (Å²) in [6.45, 7) is 2.47. The second-order valence-electron chi connectivity index (χ2n) is 6.30. The molecule has 0 aromatic heterocycles. The van der Waals surface area contributed by atoms with E-state index in [1.165, 1.54) is 17.7 Å². The van der Waals surface area contributed by atoms with Crippen molar-refractivity contribution >= 4 is 32.5 Å². The summed E-state index contributed by atoms with van der Waals surface area (Å²) in [7, 11) is 6.75. The van der Waals surface area contributed by atoms with Gasteiger partial charge in [0.15, 0.2) is 5.75 Å². The predicted octanol–water partition coefficient (Wildman–Crippen LogP) is 4.12. The first-order valence-corrected chi connectivity index (χ1v) is 11.8. The Morgan fingerprint density at radius 1 is 1.29 bits per heavy atom.